The van der Waals surface area contributed by atoms with Gasteiger partial charge in [0.15, 0.2) is 0 Å². The van der Waals surface area contributed by atoms with Gasteiger partial charge >= 0.3 is 0 Å². The summed E-state index contributed by atoms with van der Waals surface area (Å²) in [7, 11) is 0. The van der Waals surface area contributed by atoms with Crippen molar-refractivity contribution >= 4 is 12.6 Å². The Hall–Kier alpha value is -0.620. The van der Waals surface area contributed by atoms with E-state index in [1.807, 2.05) is 6.07 Å². The van der Waals surface area contributed by atoms with Crippen molar-refractivity contribution in [3.05, 3.63) is 30.1 Å². The van der Waals surface area contributed by atoms with Crippen LogP contribution >= 0.6 is 12.6 Å². The number of nitrogens with zero attached hydrogens (tertiary/aromatic N) is 1. The Bertz CT molecular complexity index is 236. The molecule has 5 N–H and O–H groups in total. The molecule has 4 nitrogen and oxygen atoms in total. The predicted octanol–water partition coefficient (Wildman–Crippen LogP) is -0.414. The van der Waals surface area contributed by atoms with Crippen molar-refractivity contribution in [3.8, 4) is 0 Å². The zero-order chi connectivity index (χ0) is 9.03. The first-order chi connectivity index (χ1) is 5.67. The minimum Gasteiger partial charge on any atom is -0.297 e. The Morgan fingerprint density at radius 1 is 1.58 bits per heavy atom. The summed E-state index contributed by atoms with van der Waals surface area (Å²) >= 11 is 3.97. The Morgan fingerprint density at radius 2 is 2.33 bits per heavy atom. The Morgan fingerprint density at radius 3 is 2.83 bits per heavy atom. The Kier molecular flexibility index (Phi) is 3.05. The Balaban J connectivity index is 2.82. The first kappa shape index (κ1) is 9.47. The summed E-state index contributed by atoms with van der Waals surface area (Å²) in [6.45, 7) is 0. The zero-order valence-corrected chi connectivity index (χ0v) is 7.46. The van der Waals surface area contributed by atoms with Crippen LogP contribution in [-0.2, 0) is 5.79 Å². The van der Waals surface area contributed by atoms with Gasteiger partial charge in [-0.1, -0.05) is 6.07 Å². The van der Waals surface area contributed by atoms with Gasteiger partial charge in [0.05, 0.1) is 0 Å². The minimum absolute atomic E-state index is 0.419. The molecule has 0 atom stereocenters. The van der Waals surface area contributed by atoms with E-state index in [0.29, 0.717) is 5.88 Å². The van der Waals surface area contributed by atoms with Crippen LogP contribution in [0.5, 0.6) is 0 Å². The lowest BCUT2D eigenvalue weighted by molar-refractivity contribution is 0.385. The maximum Gasteiger partial charge on any atom is 0.147 e. The SMILES string of the molecule is NC(N)(NCS)c1cccnc1. The summed E-state index contributed by atoms with van der Waals surface area (Å²) in [6.07, 6.45) is 3.29. The fraction of sp³-hybridized carbons (Fsp3) is 0.286. The van der Waals surface area contributed by atoms with Crippen LogP contribution in [0, 0.1) is 0 Å². The lowest BCUT2D eigenvalue weighted by Gasteiger charge is -2.24. The number of thiol groups is 1. The van der Waals surface area contributed by atoms with E-state index in [4.69, 9.17) is 11.5 Å². The largest absolute Gasteiger partial charge is 0.297 e. The van der Waals surface area contributed by atoms with Gasteiger partial charge in [-0.2, -0.15) is 12.6 Å². The van der Waals surface area contributed by atoms with Crippen LogP contribution in [0.3, 0.4) is 0 Å². The highest BCUT2D eigenvalue weighted by atomic mass is 32.1. The molecule has 0 bridgehead atoms. The van der Waals surface area contributed by atoms with Crippen LogP contribution in [0.25, 0.3) is 0 Å². The van der Waals surface area contributed by atoms with Crippen molar-refractivity contribution in [1.82, 2.24) is 10.3 Å². The third-order valence-electron chi connectivity index (χ3n) is 1.51. The van der Waals surface area contributed by atoms with E-state index >= 15 is 0 Å². The molecule has 0 fully saturated rings. The normalized spacial score (nSPS) is 11.6. The van der Waals surface area contributed by atoms with Crippen molar-refractivity contribution in [2.75, 3.05) is 5.88 Å². The van der Waals surface area contributed by atoms with Gasteiger partial charge in [0.25, 0.3) is 0 Å². The number of nitrogens with two attached hydrogens (primary N) is 2. The number of hydrogen-bond donors (Lipinski definition) is 4. The molecule has 0 aliphatic rings. The van der Waals surface area contributed by atoms with Crippen molar-refractivity contribution in [1.29, 1.82) is 0 Å². The first-order valence-corrected chi connectivity index (χ1v) is 4.14. The van der Waals surface area contributed by atoms with E-state index in [1.165, 1.54) is 0 Å². The lowest BCUT2D eigenvalue weighted by Crippen LogP contribution is -2.57. The maximum absolute atomic E-state index is 5.73. The second-order valence-corrected chi connectivity index (χ2v) is 2.76. The summed E-state index contributed by atoms with van der Waals surface area (Å²) < 4.78 is 0. The number of rotatable bonds is 3. The third-order valence-corrected chi connectivity index (χ3v) is 1.67. The van der Waals surface area contributed by atoms with Gasteiger partial charge in [-0.3, -0.25) is 21.8 Å². The van der Waals surface area contributed by atoms with Crippen molar-refractivity contribution < 1.29 is 0 Å². The monoisotopic (exact) mass is 184 g/mol. The molecule has 0 amide bonds. The average molecular weight is 184 g/mol. The first-order valence-electron chi connectivity index (χ1n) is 3.51. The van der Waals surface area contributed by atoms with E-state index in [2.05, 4.69) is 22.9 Å². The molecule has 0 radical (unpaired) electrons. The van der Waals surface area contributed by atoms with Crippen LogP contribution in [-0.4, -0.2) is 10.9 Å². The van der Waals surface area contributed by atoms with Gasteiger partial charge < -0.3 is 0 Å². The number of hydrogen-bond acceptors (Lipinski definition) is 5. The quantitative estimate of drug-likeness (QED) is 0.380. The number of nitrogens with one attached hydrogen (secondary N) is 1. The lowest BCUT2D eigenvalue weighted by atomic mass is 10.2. The Labute approximate surface area is 76.8 Å². The topological polar surface area (TPSA) is 77.0 Å². The molecule has 1 aromatic rings. The van der Waals surface area contributed by atoms with E-state index in [1.54, 1.807) is 18.5 Å². The smallest absolute Gasteiger partial charge is 0.147 e. The molecule has 5 heteroatoms. The van der Waals surface area contributed by atoms with E-state index in [0.717, 1.165) is 5.56 Å². The molecule has 66 valence electrons. The van der Waals surface area contributed by atoms with Gasteiger partial charge in [0.1, 0.15) is 5.79 Å². The summed E-state index contributed by atoms with van der Waals surface area (Å²) in [5.41, 5.74) is 12.2. The van der Waals surface area contributed by atoms with Crippen molar-refractivity contribution in [2.24, 2.45) is 11.5 Å². The summed E-state index contributed by atoms with van der Waals surface area (Å²) in [5, 5.41) is 2.82. The van der Waals surface area contributed by atoms with Gasteiger partial charge in [0.2, 0.25) is 0 Å². The van der Waals surface area contributed by atoms with Crippen molar-refractivity contribution in [3.63, 3.8) is 0 Å². The second-order valence-electron chi connectivity index (χ2n) is 2.45. The fourth-order valence-electron chi connectivity index (χ4n) is 0.840. The molecule has 1 aromatic heterocycles. The summed E-state index contributed by atoms with van der Waals surface area (Å²) in [4.78, 5) is 3.91. The van der Waals surface area contributed by atoms with Crippen LogP contribution in [0.4, 0.5) is 0 Å². The molecule has 0 saturated carbocycles. The van der Waals surface area contributed by atoms with Crippen LogP contribution in [0.1, 0.15) is 5.56 Å². The van der Waals surface area contributed by atoms with Crippen LogP contribution in [0.2, 0.25) is 0 Å². The van der Waals surface area contributed by atoms with Gasteiger partial charge in [0, 0.05) is 23.8 Å². The predicted molar refractivity (Wildman–Crippen MR) is 51.3 cm³/mol. The molecule has 0 aromatic carbocycles. The fourth-order valence-corrected chi connectivity index (χ4v) is 1.10. The molecule has 12 heavy (non-hydrogen) atoms. The molecule has 0 aliphatic heterocycles. The third kappa shape index (κ3) is 2.18. The van der Waals surface area contributed by atoms with Gasteiger partial charge in [-0.05, 0) is 6.07 Å². The molecule has 0 saturated heterocycles. The minimum atomic E-state index is -1.05. The summed E-state index contributed by atoms with van der Waals surface area (Å²) in [6, 6.07) is 3.59. The van der Waals surface area contributed by atoms with E-state index in [9.17, 15) is 0 Å². The van der Waals surface area contributed by atoms with Gasteiger partial charge in [-0.15, -0.1) is 0 Å². The highest BCUT2D eigenvalue weighted by Crippen LogP contribution is 2.06. The highest BCUT2D eigenvalue weighted by Gasteiger charge is 2.19. The zero-order valence-electron chi connectivity index (χ0n) is 6.57. The van der Waals surface area contributed by atoms with Crippen LogP contribution in [0.15, 0.2) is 24.5 Å². The maximum atomic E-state index is 5.73. The molecule has 1 rings (SSSR count). The highest BCUT2D eigenvalue weighted by molar-refractivity contribution is 7.80. The van der Waals surface area contributed by atoms with Gasteiger partial charge in [-0.25, -0.2) is 0 Å². The molecule has 1 heterocycles. The molecule has 0 aliphatic carbocycles. The van der Waals surface area contributed by atoms with Crippen molar-refractivity contribution in [2.45, 2.75) is 5.79 Å². The molecular formula is C7H12N4S. The second kappa shape index (κ2) is 3.86. The van der Waals surface area contributed by atoms with Crippen LogP contribution < -0.4 is 16.8 Å². The number of aromatic nitrogens is 1. The standard InChI is InChI=1S/C7H12N4S/c8-7(9,11-5-12)6-2-1-3-10-4-6/h1-4,11-12H,5,8-9H2. The molecule has 0 unspecified atom stereocenters. The molecular weight excluding hydrogens is 172 g/mol. The average Bonchev–Trinajstić information content (AvgIpc) is 2.06. The van der Waals surface area contributed by atoms with E-state index < -0.39 is 5.79 Å². The molecule has 0 spiro atoms. The van der Waals surface area contributed by atoms with E-state index in [-0.39, 0.29) is 0 Å². The number of pyridine rings is 1. The summed E-state index contributed by atoms with van der Waals surface area (Å²) in [5.74, 6) is -0.627.